The van der Waals surface area contributed by atoms with E-state index in [0.29, 0.717) is 10.7 Å². The maximum Gasteiger partial charge on any atom is 0.206 e. The maximum absolute atomic E-state index is 14.1. The highest BCUT2D eigenvalue weighted by atomic mass is 35.5. The Bertz CT molecular complexity index is 780. The van der Waals surface area contributed by atoms with Crippen LogP contribution in [-0.2, 0) is 0 Å². The van der Waals surface area contributed by atoms with Gasteiger partial charge in [-0.2, -0.15) is 0 Å². The van der Waals surface area contributed by atoms with Crippen LogP contribution in [0.1, 0.15) is 5.56 Å². The van der Waals surface area contributed by atoms with Gasteiger partial charge in [-0.1, -0.05) is 23.7 Å². The predicted octanol–water partition coefficient (Wildman–Crippen LogP) is 3.71. The molecule has 0 fully saturated rings. The van der Waals surface area contributed by atoms with E-state index in [1.165, 1.54) is 6.07 Å². The molecule has 96 valence electrons. The van der Waals surface area contributed by atoms with Gasteiger partial charge in [0.1, 0.15) is 5.82 Å². The van der Waals surface area contributed by atoms with Gasteiger partial charge in [0.05, 0.1) is 16.7 Å². The van der Waals surface area contributed by atoms with Gasteiger partial charge in [0.15, 0.2) is 0 Å². The lowest BCUT2D eigenvalue weighted by molar-refractivity contribution is 0.620. The monoisotopic (exact) mass is 275 g/mol. The molecule has 0 aliphatic rings. The van der Waals surface area contributed by atoms with Crippen molar-refractivity contribution in [2.75, 3.05) is 5.73 Å². The van der Waals surface area contributed by atoms with Crippen molar-refractivity contribution in [1.29, 1.82) is 0 Å². The third-order valence-corrected chi connectivity index (χ3v) is 3.29. The van der Waals surface area contributed by atoms with Crippen molar-refractivity contribution in [3.8, 4) is 5.69 Å². The minimum atomic E-state index is -0.429. The van der Waals surface area contributed by atoms with Crippen molar-refractivity contribution in [2.24, 2.45) is 0 Å². The fourth-order valence-electron chi connectivity index (χ4n) is 2.22. The van der Waals surface area contributed by atoms with E-state index in [2.05, 4.69) is 4.98 Å². The van der Waals surface area contributed by atoms with Crippen LogP contribution in [0.25, 0.3) is 16.7 Å². The number of aromatic nitrogens is 2. The van der Waals surface area contributed by atoms with Gasteiger partial charge in [0.2, 0.25) is 5.95 Å². The first-order chi connectivity index (χ1) is 9.08. The van der Waals surface area contributed by atoms with Crippen molar-refractivity contribution in [3.63, 3.8) is 0 Å². The smallest absolute Gasteiger partial charge is 0.206 e. The van der Waals surface area contributed by atoms with Crippen LogP contribution in [0.3, 0.4) is 0 Å². The molecule has 0 atom stereocenters. The molecular formula is C14H11ClFN3. The minimum absolute atomic E-state index is 0.255. The Kier molecular flexibility index (Phi) is 2.68. The number of fused-ring (bicyclic) bond motifs is 1. The van der Waals surface area contributed by atoms with Gasteiger partial charge in [-0.05, 0) is 36.8 Å². The number of hydrogen-bond donors (Lipinski definition) is 1. The van der Waals surface area contributed by atoms with E-state index in [1.807, 2.05) is 25.1 Å². The van der Waals surface area contributed by atoms with E-state index < -0.39 is 5.82 Å². The van der Waals surface area contributed by atoms with Crippen LogP contribution < -0.4 is 5.73 Å². The Labute approximate surface area is 114 Å². The third-order valence-electron chi connectivity index (χ3n) is 3.05. The molecule has 0 amide bonds. The molecule has 2 N–H and O–H groups in total. The van der Waals surface area contributed by atoms with Crippen LogP contribution in [0, 0.1) is 12.7 Å². The number of para-hydroxylation sites is 1. The Morgan fingerprint density at radius 2 is 2.05 bits per heavy atom. The number of nitrogen functional groups attached to an aromatic ring is 1. The fraction of sp³-hybridized carbons (Fsp3) is 0.0714. The van der Waals surface area contributed by atoms with Gasteiger partial charge in [0.25, 0.3) is 0 Å². The van der Waals surface area contributed by atoms with Crippen LogP contribution in [0.15, 0.2) is 36.4 Å². The quantitative estimate of drug-likeness (QED) is 0.736. The highest BCUT2D eigenvalue weighted by molar-refractivity contribution is 6.30. The standard InChI is InChI=1S/C14H11ClFN3/c1-8-3-2-4-11-13(8)19(14(17)18-11)12-6-5-9(15)7-10(12)16/h2-7H,1H3,(H2,17,18). The first-order valence-electron chi connectivity index (χ1n) is 5.77. The number of anilines is 1. The van der Waals surface area contributed by atoms with Crippen molar-refractivity contribution in [2.45, 2.75) is 6.92 Å². The maximum atomic E-state index is 14.1. The van der Waals surface area contributed by atoms with Crippen molar-refractivity contribution < 1.29 is 4.39 Å². The zero-order chi connectivity index (χ0) is 13.6. The lowest BCUT2D eigenvalue weighted by atomic mass is 10.2. The summed E-state index contributed by atoms with van der Waals surface area (Å²) in [6, 6.07) is 10.2. The van der Waals surface area contributed by atoms with Crippen LogP contribution in [0.2, 0.25) is 5.02 Å². The molecule has 0 spiro atoms. The Hall–Kier alpha value is -2.07. The van der Waals surface area contributed by atoms with Crippen molar-refractivity contribution in [3.05, 3.63) is 52.8 Å². The summed E-state index contributed by atoms with van der Waals surface area (Å²) in [6.45, 7) is 1.94. The van der Waals surface area contributed by atoms with Crippen LogP contribution >= 0.6 is 11.6 Å². The van der Waals surface area contributed by atoms with Gasteiger partial charge in [-0.15, -0.1) is 0 Å². The minimum Gasteiger partial charge on any atom is -0.369 e. The SMILES string of the molecule is Cc1cccc2nc(N)n(-c3ccc(Cl)cc3F)c12. The zero-order valence-electron chi connectivity index (χ0n) is 10.2. The number of nitrogens with zero attached hydrogens (tertiary/aromatic N) is 2. The molecule has 0 unspecified atom stereocenters. The molecule has 0 aliphatic heterocycles. The van der Waals surface area contributed by atoms with E-state index in [9.17, 15) is 4.39 Å². The Balaban J connectivity index is 2.39. The van der Waals surface area contributed by atoms with Crippen molar-refractivity contribution in [1.82, 2.24) is 9.55 Å². The summed E-state index contributed by atoms with van der Waals surface area (Å²) in [5.41, 5.74) is 8.79. The van der Waals surface area contributed by atoms with E-state index in [1.54, 1.807) is 16.7 Å². The lowest BCUT2D eigenvalue weighted by Gasteiger charge is -2.09. The van der Waals surface area contributed by atoms with Crippen LogP contribution in [0.5, 0.6) is 0 Å². The van der Waals surface area contributed by atoms with E-state index in [4.69, 9.17) is 17.3 Å². The number of hydrogen-bond acceptors (Lipinski definition) is 2. The van der Waals surface area contributed by atoms with Gasteiger partial charge < -0.3 is 5.73 Å². The summed E-state index contributed by atoms with van der Waals surface area (Å²) in [5.74, 6) is -0.174. The summed E-state index contributed by atoms with van der Waals surface area (Å²) in [6.07, 6.45) is 0. The predicted molar refractivity (Wildman–Crippen MR) is 75.2 cm³/mol. The molecule has 1 aromatic heterocycles. The highest BCUT2D eigenvalue weighted by Crippen LogP contribution is 2.28. The third kappa shape index (κ3) is 1.85. The molecule has 3 aromatic rings. The molecule has 1 heterocycles. The number of halogens is 2. The molecule has 3 nitrogen and oxygen atoms in total. The average Bonchev–Trinajstić information content (AvgIpc) is 2.67. The molecule has 19 heavy (non-hydrogen) atoms. The van der Waals surface area contributed by atoms with E-state index in [0.717, 1.165) is 16.6 Å². The topological polar surface area (TPSA) is 43.8 Å². The van der Waals surface area contributed by atoms with E-state index in [-0.39, 0.29) is 5.95 Å². The average molecular weight is 276 g/mol. The number of nitrogens with two attached hydrogens (primary N) is 1. The molecule has 0 saturated carbocycles. The number of aryl methyl sites for hydroxylation is 1. The van der Waals surface area contributed by atoms with Crippen LogP contribution in [-0.4, -0.2) is 9.55 Å². The Morgan fingerprint density at radius 3 is 2.79 bits per heavy atom. The largest absolute Gasteiger partial charge is 0.369 e. The summed E-state index contributed by atoms with van der Waals surface area (Å²) in [7, 11) is 0. The molecule has 0 bridgehead atoms. The lowest BCUT2D eigenvalue weighted by Crippen LogP contribution is -2.03. The van der Waals surface area contributed by atoms with Gasteiger partial charge >= 0.3 is 0 Å². The second-order valence-electron chi connectivity index (χ2n) is 4.34. The molecule has 0 aliphatic carbocycles. The molecule has 2 aromatic carbocycles. The summed E-state index contributed by atoms with van der Waals surface area (Å²) in [5, 5.41) is 0.348. The molecule has 3 rings (SSSR count). The highest BCUT2D eigenvalue weighted by Gasteiger charge is 2.15. The number of rotatable bonds is 1. The first kappa shape index (κ1) is 12.0. The number of benzene rings is 2. The molecular weight excluding hydrogens is 265 g/mol. The molecule has 0 saturated heterocycles. The molecule has 5 heteroatoms. The van der Waals surface area contributed by atoms with Gasteiger partial charge in [-0.25, -0.2) is 9.37 Å². The fourth-order valence-corrected chi connectivity index (χ4v) is 2.38. The Morgan fingerprint density at radius 1 is 1.26 bits per heavy atom. The summed E-state index contributed by atoms with van der Waals surface area (Å²) >= 11 is 5.77. The summed E-state index contributed by atoms with van der Waals surface area (Å²) < 4.78 is 15.7. The van der Waals surface area contributed by atoms with E-state index >= 15 is 0 Å². The van der Waals surface area contributed by atoms with Gasteiger partial charge in [-0.3, -0.25) is 4.57 Å². The molecule has 0 radical (unpaired) electrons. The number of imidazole rings is 1. The van der Waals surface area contributed by atoms with Crippen LogP contribution in [0.4, 0.5) is 10.3 Å². The van der Waals surface area contributed by atoms with Crippen molar-refractivity contribution >= 4 is 28.6 Å². The zero-order valence-corrected chi connectivity index (χ0v) is 10.9. The first-order valence-corrected chi connectivity index (χ1v) is 6.14. The van der Waals surface area contributed by atoms with Gasteiger partial charge in [0, 0.05) is 5.02 Å². The summed E-state index contributed by atoms with van der Waals surface area (Å²) in [4.78, 5) is 4.25. The second kappa shape index (κ2) is 4.24. The normalized spacial score (nSPS) is 11.1. The second-order valence-corrected chi connectivity index (χ2v) is 4.78.